The summed E-state index contributed by atoms with van der Waals surface area (Å²) in [4.78, 5) is 15.0. The standard InChI is InChI=1S/C23H19N3O3S/c24-16-17-11-13-19(14-12-17)23(27)26-15-5-7-18-6-4-10-21(22(18)26)25-30(28,29)20-8-2-1-3-9-20/h1-4,6,8-14,25H,5,7,15H2. The van der Waals surface area contributed by atoms with Gasteiger partial charge in [0.2, 0.25) is 0 Å². The molecular formula is C23H19N3O3S. The molecule has 6 nitrogen and oxygen atoms in total. The zero-order valence-electron chi connectivity index (χ0n) is 16.1. The Bertz CT molecular complexity index is 1230. The van der Waals surface area contributed by atoms with E-state index in [-0.39, 0.29) is 10.8 Å². The Hall–Kier alpha value is -3.63. The first-order chi connectivity index (χ1) is 14.5. The molecule has 0 aliphatic carbocycles. The van der Waals surface area contributed by atoms with Crippen LogP contribution in [0.5, 0.6) is 0 Å². The van der Waals surface area contributed by atoms with Crippen LogP contribution in [-0.4, -0.2) is 20.9 Å². The molecule has 150 valence electrons. The van der Waals surface area contributed by atoms with Gasteiger partial charge in [-0.2, -0.15) is 5.26 Å². The van der Waals surface area contributed by atoms with Crippen molar-refractivity contribution in [1.29, 1.82) is 5.26 Å². The van der Waals surface area contributed by atoms with E-state index >= 15 is 0 Å². The topological polar surface area (TPSA) is 90.3 Å². The number of hydrogen-bond acceptors (Lipinski definition) is 4. The monoisotopic (exact) mass is 417 g/mol. The van der Waals surface area contributed by atoms with Crippen molar-refractivity contribution in [3.8, 4) is 6.07 Å². The van der Waals surface area contributed by atoms with E-state index in [1.807, 2.05) is 12.1 Å². The SMILES string of the molecule is N#Cc1ccc(C(=O)N2CCCc3cccc(NS(=O)(=O)c4ccccc4)c32)cc1. The Morgan fingerprint density at radius 2 is 1.70 bits per heavy atom. The van der Waals surface area contributed by atoms with Crippen LogP contribution in [0.15, 0.2) is 77.7 Å². The maximum absolute atomic E-state index is 13.2. The maximum Gasteiger partial charge on any atom is 0.261 e. The molecule has 1 heterocycles. The number of fused-ring (bicyclic) bond motifs is 1. The summed E-state index contributed by atoms with van der Waals surface area (Å²) in [6.07, 6.45) is 1.54. The summed E-state index contributed by atoms with van der Waals surface area (Å²) in [5, 5.41) is 8.97. The fourth-order valence-corrected chi connectivity index (χ4v) is 4.67. The van der Waals surface area contributed by atoms with Crippen LogP contribution in [-0.2, 0) is 16.4 Å². The Balaban J connectivity index is 1.72. The van der Waals surface area contributed by atoms with Gasteiger partial charge in [-0.1, -0.05) is 30.3 Å². The predicted molar refractivity (Wildman–Crippen MR) is 115 cm³/mol. The minimum Gasteiger partial charge on any atom is -0.306 e. The summed E-state index contributed by atoms with van der Waals surface area (Å²) in [7, 11) is -3.79. The highest BCUT2D eigenvalue weighted by atomic mass is 32.2. The van der Waals surface area contributed by atoms with Crippen molar-refractivity contribution in [3.63, 3.8) is 0 Å². The van der Waals surface area contributed by atoms with Crippen molar-refractivity contribution in [3.05, 3.63) is 89.5 Å². The summed E-state index contributed by atoms with van der Waals surface area (Å²) in [6, 6.07) is 22.0. The average molecular weight is 417 g/mol. The van der Waals surface area contributed by atoms with Crippen molar-refractivity contribution in [2.45, 2.75) is 17.7 Å². The van der Waals surface area contributed by atoms with Gasteiger partial charge in [0.05, 0.1) is 27.9 Å². The van der Waals surface area contributed by atoms with Crippen molar-refractivity contribution >= 4 is 27.3 Å². The van der Waals surface area contributed by atoms with Gasteiger partial charge in [-0.25, -0.2) is 8.42 Å². The number of aryl methyl sites for hydroxylation is 1. The fourth-order valence-electron chi connectivity index (χ4n) is 3.58. The summed E-state index contributed by atoms with van der Waals surface area (Å²) in [5.41, 5.74) is 2.79. The Morgan fingerprint density at radius 3 is 2.40 bits per heavy atom. The lowest BCUT2D eigenvalue weighted by molar-refractivity contribution is 0.0985. The molecule has 0 unspecified atom stereocenters. The minimum absolute atomic E-state index is 0.156. The van der Waals surface area contributed by atoms with E-state index in [0.29, 0.717) is 29.0 Å². The molecule has 1 N–H and O–H groups in total. The summed E-state index contributed by atoms with van der Waals surface area (Å²) >= 11 is 0. The number of anilines is 2. The third-order valence-corrected chi connectivity index (χ3v) is 6.40. The van der Waals surface area contributed by atoms with Crippen molar-refractivity contribution in [2.24, 2.45) is 0 Å². The second-order valence-corrected chi connectivity index (χ2v) is 8.66. The molecule has 0 radical (unpaired) electrons. The van der Waals surface area contributed by atoms with Gasteiger partial charge in [0, 0.05) is 12.1 Å². The van der Waals surface area contributed by atoms with Gasteiger partial charge >= 0.3 is 0 Å². The van der Waals surface area contributed by atoms with Crippen LogP contribution in [0.1, 0.15) is 27.9 Å². The van der Waals surface area contributed by atoms with E-state index in [1.54, 1.807) is 59.5 Å². The molecule has 0 bridgehead atoms. The third kappa shape index (κ3) is 3.78. The number of amides is 1. The van der Waals surface area contributed by atoms with Crippen LogP contribution >= 0.6 is 0 Å². The molecule has 7 heteroatoms. The normalized spacial score (nSPS) is 13.2. The van der Waals surface area contributed by atoms with E-state index in [9.17, 15) is 13.2 Å². The minimum atomic E-state index is -3.79. The molecule has 30 heavy (non-hydrogen) atoms. The number of nitrogens with one attached hydrogen (secondary N) is 1. The van der Waals surface area contributed by atoms with Gasteiger partial charge in [-0.05, 0) is 60.9 Å². The van der Waals surface area contributed by atoms with Gasteiger partial charge < -0.3 is 4.90 Å². The highest BCUT2D eigenvalue weighted by Crippen LogP contribution is 2.36. The quantitative estimate of drug-likeness (QED) is 0.696. The van der Waals surface area contributed by atoms with E-state index in [1.165, 1.54) is 12.1 Å². The first-order valence-electron chi connectivity index (χ1n) is 9.51. The maximum atomic E-state index is 13.2. The van der Waals surface area contributed by atoms with E-state index in [2.05, 4.69) is 4.72 Å². The lowest BCUT2D eigenvalue weighted by atomic mass is 9.99. The van der Waals surface area contributed by atoms with E-state index in [4.69, 9.17) is 5.26 Å². The molecule has 0 aromatic heterocycles. The molecule has 4 rings (SSSR count). The first-order valence-corrected chi connectivity index (χ1v) is 11.0. The second kappa shape index (κ2) is 8.01. The Labute approximate surface area is 175 Å². The molecule has 0 saturated carbocycles. The average Bonchev–Trinajstić information content (AvgIpc) is 2.79. The van der Waals surface area contributed by atoms with Crippen molar-refractivity contribution in [2.75, 3.05) is 16.2 Å². The lowest BCUT2D eigenvalue weighted by Crippen LogP contribution is -2.36. The number of benzene rings is 3. The number of rotatable bonds is 4. The largest absolute Gasteiger partial charge is 0.306 e. The van der Waals surface area contributed by atoms with Crippen molar-refractivity contribution < 1.29 is 13.2 Å². The summed E-state index contributed by atoms with van der Waals surface area (Å²) in [5.74, 6) is -0.230. The van der Waals surface area contributed by atoms with Gasteiger partial charge in [-0.15, -0.1) is 0 Å². The number of nitrogens with zero attached hydrogens (tertiary/aromatic N) is 2. The molecule has 0 fully saturated rings. The van der Waals surface area contributed by atoms with E-state index in [0.717, 1.165) is 18.4 Å². The van der Waals surface area contributed by atoms with Crippen LogP contribution in [0.25, 0.3) is 0 Å². The number of nitriles is 1. The molecule has 1 aliphatic heterocycles. The van der Waals surface area contributed by atoms with Crippen LogP contribution in [0.3, 0.4) is 0 Å². The zero-order valence-corrected chi connectivity index (χ0v) is 16.9. The number of hydrogen-bond donors (Lipinski definition) is 1. The van der Waals surface area contributed by atoms with Crippen LogP contribution in [0, 0.1) is 11.3 Å². The van der Waals surface area contributed by atoms with Crippen LogP contribution < -0.4 is 9.62 Å². The molecular weight excluding hydrogens is 398 g/mol. The fraction of sp³-hybridized carbons (Fsp3) is 0.130. The third-order valence-electron chi connectivity index (χ3n) is 5.02. The molecule has 0 saturated heterocycles. The molecule has 0 atom stereocenters. The molecule has 1 amide bonds. The van der Waals surface area contributed by atoms with Crippen LogP contribution in [0.2, 0.25) is 0 Å². The molecule has 3 aromatic rings. The molecule has 1 aliphatic rings. The van der Waals surface area contributed by atoms with Crippen LogP contribution in [0.4, 0.5) is 11.4 Å². The number of carbonyl (C=O) groups excluding carboxylic acids is 1. The lowest BCUT2D eigenvalue weighted by Gasteiger charge is -2.31. The summed E-state index contributed by atoms with van der Waals surface area (Å²) in [6.45, 7) is 0.482. The number of sulfonamides is 1. The van der Waals surface area contributed by atoms with E-state index < -0.39 is 10.0 Å². The number of carbonyl (C=O) groups is 1. The second-order valence-electron chi connectivity index (χ2n) is 6.98. The summed E-state index contributed by atoms with van der Waals surface area (Å²) < 4.78 is 28.4. The zero-order chi connectivity index (χ0) is 21.1. The highest BCUT2D eigenvalue weighted by Gasteiger charge is 2.28. The van der Waals surface area contributed by atoms with Gasteiger partial charge in [-0.3, -0.25) is 9.52 Å². The smallest absolute Gasteiger partial charge is 0.261 e. The number of para-hydroxylation sites is 1. The van der Waals surface area contributed by atoms with Crippen molar-refractivity contribution in [1.82, 2.24) is 0 Å². The van der Waals surface area contributed by atoms with Gasteiger partial charge in [0.15, 0.2) is 0 Å². The molecule has 0 spiro atoms. The predicted octanol–water partition coefficient (Wildman–Crippen LogP) is 3.95. The Morgan fingerprint density at radius 1 is 0.967 bits per heavy atom. The highest BCUT2D eigenvalue weighted by molar-refractivity contribution is 7.92. The van der Waals surface area contributed by atoms with Gasteiger partial charge in [0.25, 0.3) is 15.9 Å². The first kappa shape index (κ1) is 19.7. The molecule has 3 aromatic carbocycles. The van der Waals surface area contributed by atoms with Gasteiger partial charge in [0.1, 0.15) is 0 Å². The Kier molecular flexibility index (Phi) is 5.25.